The zero-order valence-electron chi connectivity index (χ0n) is 14.4. The van der Waals surface area contributed by atoms with Crippen molar-refractivity contribution in [2.75, 3.05) is 13.1 Å². The van der Waals surface area contributed by atoms with Crippen LogP contribution in [0, 0.1) is 6.92 Å². The van der Waals surface area contributed by atoms with E-state index in [1.54, 1.807) is 19.2 Å². The van der Waals surface area contributed by atoms with Gasteiger partial charge in [-0.15, -0.1) is 0 Å². The monoisotopic (exact) mass is 330 g/mol. The van der Waals surface area contributed by atoms with Crippen molar-refractivity contribution in [1.82, 2.24) is 19.6 Å². The molecule has 0 unspecified atom stereocenters. The van der Waals surface area contributed by atoms with E-state index in [1.165, 1.54) is 15.5 Å². The first-order chi connectivity index (χ1) is 11.3. The van der Waals surface area contributed by atoms with Gasteiger partial charge in [-0.2, -0.15) is 0 Å². The highest BCUT2D eigenvalue weighted by atomic mass is 16.2. The Balaban J connectivity index is 2.33. The number of amides is 2. The summed E-state index contributed by atoms with van der Waals surface area (Å²) in [5.41, 5.74) is 0.885. The lowest BCUT2D eigenvalue weighted by atomic mass is 10.2. The van der Waals surface area contributed by atoms with Gasteiger partial charge in [-0.3, -0.25) is 18.8 Å². The van der Waals surface area contributed by atoms with Crippen molar-refractivity contribution < 1.29 is 9.59 Å². The Hall–Kier alpha value is -2.70. The molecule has 0 aliphatic heterocycles. The minimum absolute atomic E-state index is 0.0118. The zero-order valence-corrected chi connectivity index (χ0v) is 14.4. The van der Waals surface area contributed by atoms with Crippen LogP contribution in [0.5, 0.6) is 0 Å². The molecule has 128 valence electrons. The van der Waals surface area contributed by atoms with Gasteiger partial charge in [0.15, 0.2) is 0 Å². The number of fused-ring (bicyclic) bond motifs is 1. The van der Waals surface area contributed by atoms with Gasteiger partial charge < -0.3 is 10.2 Å². The van der Waals surface area contributed by atoms with E-state index in [2.05, 4.69) is 10.3 Å². The number of carbonyl (C=O) groups excluding carboxylic acids is 2. The molecule has 0 saturated heterocycles. The second-order valence-corrected chi connectivity index (χ2v) is 5.95. The molecule has 24 heavy (non-hydrogen) atoms. The van der Waals surface area contributed by atoms with E-state index in [4.69, 9.17) is 0 Å². The maximum absolute atomic E-state index is 12.6. The molecule has 7 heteroatoms. The van der Waals surface area contributed by atoms with Gasteiger partial charge in [0.2, 0.25) is 5.91 Å². The number of aromatic nitrogens is 2. The largest absolute Gasteiger partial charge is 0.352 e. The van der Waals surface area contributed by atoms with Crippen LogP contribution in [-0.2, 0) is 4.79 Å². The van der Waals surface area contributed by atoms with E-state index in [0.717, 1.165) is 5.56 Å². The van der Waals surface area contributed by atoms with Crippen LogP contribution >= 0.6 is 0 Å². The van der Waals surface area contributed by atoms with Crippen LogP contribution in [0.1, 0.15) is 36.7 Å². The molecule has 1 N–H and O–H groups in total. The summed E-state index contributed by atoms with van der Waals surface area (Å²) in [7, 11) is 0. The summed E-state index contributed by atoms with van der Waals surface area (Å²) in [5, 5.41) is 2.73. The quantitative estimate of drug-likeness (QED) is 0.886. The van der Waals surface area contributed by atoms with Crippen LogP contribution in [-0.4, -0.2) is 45.2 Å². The van der Waals surface area contributed by atoms with E-state index >= 15 is 0 Å². The van der Waals surface area contributed by atoms with Gasteiger partial charge in [0.1, 0.15) is 11.2 Å². The minimum Gasteiger partial charge on any atom is -0.352 e. The van der Waals surface area contributed by atoms with Gasteiger partial charge >= 0.3 is 0 Å². The van der Waals surface area contributed by atoms with Crippen LogP contribution in [0.4, 0.5) is 0 Å². The second-order valence-electron chi connectivity index (χ2n) is 5.95. The maximum atomic E-state index is 12.6. The van der Waals surface area contributed by atoms with Crippen molar-refractivity contribution in [1.29, 1.82) is 0 Å². The number of aryl methyl sites for hydroxylation is 1. The molecule has 2 rings (SSSR count). The summed E-state index contributed by atoms with van der Waals surface area (Å²) in [6, 6.07) is 3.55. The number of likely N-dealkylation sites (N-methyl/N-ethyl adjacent to an activating group) is 1. The number of nitrogens with zero attached hydrogens (tertiary/aromatic N) is 3. The Morgan fingerprint density at radius 1 is 1.33 bits per heavy atom. The van der Waals surface area contributed by atoms with E-state index in [0.29, 0.717) is 12.2 Å². The molecule has 0 bridgehead atoms. The third kappa shape index (κ3) is 3.79. The second kappa shape index (κ2) is 7.25. The Morgan fingerprint density at radius 3 is 2.67 bits per heavy atom. The summed E-state index contributed by atoms with van der Waals surface area (Å²) >= 11 is 0. The Kier molecular flexibility index (Phi) is 5.33. The molecule has 7 nitrogen and oxygen atoms in total. The lowest BCUT2D eigenvalue weighted by molar-refractivity contribution is -0.122. The highest BCUT2D eigenvalue weighted by Crippen LogP contribution is 2.04. The standard InChI is InChI=1S/C17H22N4O3/c1-5-20(10-15(22)19-11(2)3)16(23)13-8-18-14-7-6-12(4)9-21(14)17(13)24/h6-9,11H,5,10H2,1-4H3,(H,19,22). The third-order valence-electron chi connectivity index (χ3n) is 3.53. The van der Waals surface area contributed by atoms with E-state index in [1.807, 2.05) is 26.8 Å². The molecular weight excluding hydrogens is 308 g/mol. The normalized spacial score (nSPS) is 10.9. The van der Waals surface area contributed by atoms with Crippen LogP contribution in [0.15, 0.2) is 29.3 Å². The molecule has 0 radical (unpaired) electrons. The fraction of sp³-hybridized carbons (Fsp3) is 0.412. The predicted molar refractivity (Wildman–Crippen MR) is 91.1 cm³/mol. The van der Waals surface area contributed by atoms with Crippen molar-refractivity contribution in [3.63, 3.8) is 0 Å². The molecule has 2 aromatic rings. The van der Waals surface area contributed by atoms with Gasteiger partial charge in [0, 0.05) is 25.0 Å². The number of hydrogen-bond donors (Lipinski definition) is 1. The van der Waals surface area contributed by atoms with Crippen molar-refractivity contribution in [2.24, 2.45) is 0 Å². The van der Waals surface area contributed by atoms with Crippen LogP contribution < -0.4 is 10.9 Å². The molecular formula is C17H22N4O3. The first-order valence-electron chi connectivity index (χ1n) is 7.90. The molecule has 2 heterocycles. The number of hydrogen-bond acceptors (Lipinski definition) is 4. The van der Waals surface area contributed by atoms with Crippen molar-refractivity contribution in [2.45, 2.75) is 33.7 Å². The lowest BCUT2D eigenvalue weighted by Gasteiger charge is -2.21. The maximum Gasteiger partial charge on any atom is 0.270 e. The number of carbonyl (C=O) groups is 2. The van der Waals surface area contributed by atoms with E-state index in [9.17, 15) is 14.4 Å². The summed E-state index contributed by atoms with van der Waals surface area (Å²) in [4.78, 5) is 42.6. The summed E-state index contributed by atoms with van der Waals surface area (Å²) in [6.45, 7) is 7.53. The fourth-order valence-corrected chi connectivity index (χ4v) is 2.37. The third-order valence-corrected chi connectivity index (χ3v) is 3.53. The van der Waals surface area contributed by atoms with Crippen molar-refractivity contribution in [3.05, 3.63) is 46.0 Å². The topological polar surface area (TPSA) is 83.8 Å². The SMILES string of the molecule is CCN(CC(=O)NC(C)C)C(=O)c1cnc2ccc(C)cn2c1=O. The number of rotatable bonds is 5. The van der Waals surface area contributed by atoms with Crippen LogP contribution in [0.2, 0.25) is 0 Å². The average molecular weight is 330 g/mol. The number of nitrogens with one attached hydrogen (secondary N) is 1. The van der Waals surface area contributed by atoms with Crippen LogP contribution in [0.3, 0.4) is 0 Å². The first-order valence-corrected chi connectivity index (χ1v) is 7.90. The summed E-state index contributed by atoms with van der Waals surface area (Å²) < 4.78 is 1.35. The molecule has 0 atom stereocenters. The minimum atomic E-state index is -0.496. The molecule has 0 fully saturated rings. The molecule has 0 aliphatic rings. The van der Waals surface area contributed by atoms with E-state index < -0.39 is 11.5 Å². The fourth-order valence-electron chi connectivity index (χ4n) is 2.37. The van der Waals surface area contributed by atoms with Gasteiger partial charge in [0.25, 0.3) is 11.5 Å². The summed E-state index contributed by atoms with van der Waals surface area (Å²) in [5.74, 6) is -0.755. The molecule has 0 saturated carbocycles. The lowest BCUT2D eigenvalue weighted by Crippen LogP contribution is -2.44. The molecule has 2 aromatic heterocycles. The van der Waals surface area contributed by atoms with Gasteiger partial charge in [-0.1, -0.05) is 6.07 Å². The van der Waals surface area contributed by atoms with Crippen molar-refractivity contribution >= 4 is 17.5 Å². The van der Waals surface area contributed by atoms with Gasteiger partial charge in [0.05, 0.1) is 6.54 Å². The van der Waals surface area contributed by atoms with Gasteiger partial charge in [-0.25, -0.2) is 4.98 Å². The Labute approximate surface area is 140 Å². The average Bonchev–Trinajstić information content (AvgIpc) is 2.52. The highest BCUT2D eigenvalue weighted by molar-refractivity contribution is 5.96. The zero-order chi connectivity index (χ0) is 17.9. The van der Waals surface area contributed by atoms with Gasteiger partial charge in [-0.05, 0) is 39.3 Å². The van der Waals surface area contributed by atoms with Crippen LogP contribution in [0.25, 0.3) is 5.65 Å². The van der Waals surface area contributed by atoms with Crippen molar-refractivity contribution in [3.8, 4) is 0 Å². The first kappa shape index (κ1) is 17.7. The molecule has 0 aromatic carbocycles. The predicted octanol–water partition coefficient (Wildman–Crippen LogP) is 0.990. The Morgan fingerprint density at radius 2 is 2.04 bits per heavy atom. The summed E-state index contributed by atoms with van der Waals surface area (Å²) in [6.07, 6.45) is 2.92. The molecule has 0 spiro atoms. The smallest absolute Gasteiger partial charge is 0.270 e. The highest BCUT2D eigenvalue weighted by Gasteiger charge is 2.21. The molecule has 2 amide bonds. The Bertz CT molecular complexity index is 826. The molecule has 0 aliphatic carbocycles. The van der Waals surface area contributed by atoms with E-state index in [-0.39, 0.29) is 24.1 Å². The number of pyridine rings is 1.